The summed E-state index contributed by atoms with van der Waals surface area (Å²) in [6.45, 7) is 0.534. The lowest BCUT2D eigenvalue weighted by atomic mass is 10.1. The fourth-order valence-corrected chi connectivity index (χ4v) is 2.03. The monoisotopic (exact) mass is 280 g/mol. The maximum absolute atomic E-state index is 11.9. The first-order valence-corrected chi connectivity index (χ1v) is 6.68. The van der Waals surface area contributed by atoms with E-state index < -0.39 is 6.10 Å². The van der Waals surface area contributed by atoms with Crippen LogP contribution in [0.2, 0.25) is 0 Å². The molecule has 1 fully saturated rings. The Labute approximate surface area is 118 Å². The first kappa shape index (κ1) is 14.7. The lowest BCUT2D eigenvalue weighted by molar-refractivity contribution is -0.168. The van der Waals surface area contributed by atoms with Crippen molar-refractivity contribution in [1.29, 1.82) is 0 Å². The zero-order valence-corrected chi connectivity index (χ0v) is 11.7. The summed E-state index contributed by atoms with van der Waals surface area (Å²) < 4.78 is 11.3. The number of nitrogens with one attached hydrogen (secondary N) is 1. The molecule has 0 aromatic heterocycles. The van der Waals surface area contributed by atoms with Gasteiger partial charge in [-0.15, -0.1) is 0 Å². The molecule has 1 saturated heterocycles. The van der Waals surface area contributed by atoms with E-state index in [1.165, 1.54) is 4.90 Å². The van der Waals surface area contributed by atoms with Crippen molar-refractivity contribution in [3.63, 3.8) is 0 Å². The number of allylic oxidation sites excluding steroid dienone is 2. The number of rotatable bonds is 4. The average molecular weight is 280 g/mol. The Hall–Kier alpha value is -1.66. The number of fused-ring (bicyclic) bond motifs is 1. The maximum Gasteiger partial charge on any atom is 0.251 e. The molecule has 0 radical (unpaired) electrons. The minimum atomic E-state index is -0.623. The molecule has 1 N–H and O–H groups in total. The highest BCUT2D eigenvalue weighted by atomic mass is 16.6. The third-order valence-corrected chi connectivity index (χ3v) is 3.23. The number of carbonyl (C=O) groups excluding carboxylic acids is 2. The van der Waals surface area contributed by atoms with Crippen LogP contribution in [0.15, 0.2) is 24.3 Å². The summed E-state index contributed by atoms with van der Waals surface area (Å²) in [5.41, 5.74) is 0. The minimum Gasteiger partial charge on any atom is -0.368 e. The Morgan fingerprint density at radius 3 is 2.65 bits per heavy atom. The molecule has 20 heavy (non-hydrogen) atoms. The van der Waals surface area contributed by atoms with Crippen LogP contribution in [0.3, 0.4) is 0 Å². The van der Waals surface area contributed by atoms with E-state index in [1.54, 1.807) is 14.1 Å². The molecule has 6 nitrogen and oxygen atoms in total. The van der Waals surface area contributed by atoms with Crippen LogP contribution in [0.1, 0.15) is 6.42 Å². The summed E-state index contributed by atoms with van der Waals surface area (Å²) in [6, 6.07) is 0. The van der Waals surface area contributed by atoms with Crippen molar-refractivity contribution in [1.82, 2.24) is 10.2 Å². The predicted molar refractivity (Wildman–Crippen MR) is 73.0 cm³/mol. The molecule has 3 unspecified atom stereocenters. The Kier molecular flexibility index (Phi) is 4.92. The first-order valence-electron chi connectivity index (χ1n) is 6.68. The highest BCUT2D eigenvalue weighted by Crippen LogP contribution is 2.20. The summed E-state index contributed by atoms with van der Waals surface area (Å²) in [5, 5.41) is 2.70. The van der Waals surface area contributed by atoms with E-state index in [9.17, 15) is 9.59 Å². The van der Waals surface area contributed by atoms with Crippen LogP contribution in [0.4, 0.5) is 0 Å². The van der Waals surface area contributed by atoms with E-state index in [2.05, 4.69) is 5.32 Å². The van der Waals surface area contributed by atoms with E-state index in [4.69, 9.17) is 9.47 Å². The summed E-state index contributed by atoms with van der Waals surface area (Å²) in [6.07, 6.45) is 6.89. The molecule has 0 bridgehead atoms. The van der Waals surface area contributed by atoms with Crippen LogP contribution < -0.4 is 5.32 Å². The molecular weight excluding hydrogens is 260 g/mol. The van der Waals surface area contributed by atoms with Gasteiger partial charge in [0.25, 0.3) is 5.91 Å². The van der Waals surface area contributed by atoms with Gasteiger partial charge in [0.1, 0.15) is 12.2 Å². The number of nitrogens with zero attached hydrogens (tertiary/aromatic N) is 1. The molecule has 1 aliphatic heterocycles. The van der Waals surface area contributed by atoms with Gasteiger partial charge in [0, 0.05) is 27.1 Å². The Morgan fingerprint density at radius 1 is 1.25 bits per heavy atom. The van der Waals surface area contributed by atoms with Gasteiger partial charge < -0.3 is 19.7 Å². The van der Waals surface area contributed by atoms with Crippen molar-refractivity contribution in [2.24, 2.45) is 0 Å². The number of carbonyl (C=O) groups is 2. The lowest BCUT2D eigenvalue weighted by Gasteiger charge is -2.34. The topological polar surface area (TPSA) is 67.9 Å². The zero-order valence-electron chi connectivity index (χ0n) is 11.7. The van der Waals surface area contributed by atoms with Gasteiger partial charge in [0.15, 0.2) is 6.10 Å². The van der Waals surface area contributed by atoms with Crippen LogP contribution in [0.5, 0.6) is 0 Å². The van der Waals surface area contributed by atoms with Crippen molar-refractivity contribution < 1.29 is 19.1 Å². The normalized spacial score (nSPS) is 27.8. The smallest absolute Gasteiger partial charge is 0.251 e. The molecule has 0 saturated carbocycles. The molecule has 0 aromatic carbocycles. The Balaban J connectivity index is 1.75. The zero-order chi connectivity index (χ0) is 14.5. The second-order valence-corrected chi connectivity index (χ2v) is 4.99. The van der Waals surface area contributed by atoms with Crippen LogP contribution >= 0.6 is 0 Å². The van der Waals surface area contributed by atoms with Gasteiger partial charge in [0.2, 0.25) is 5.91 Å². The van der Waals surface area contributed by atoms with Gasteiger partial charge in [-0.2, -0.15) is 0 Å². The molecule has 1 heterocycles. The van der Waals surface area contributed by atoms with Gasteiger partial charge in [0.05, 0.1) is 6.61 Å². The van der Waals surface area contributed by atoms with E-state index in [0.29, 0.717) is 6.54 Å². The van der Waals surface area contributed by atoms with Gasteiger partial charge >= 0.3 is 0 Å². The Bertz CT molecular complexity index is 431. The molecule has 2 aliphatic rings. The second-order valence-electron chi connectivity index (χ2n) is 4.99. The largest absolute Gasteiger partial charge is 0.368 e. The quantitative estimate of drug-likeness (QED) is 0.778. The summed E-state index contributed by atoms with van der Waals surface area (Å²) in [4.78, 5) is 24.8. The summed E-state index contributed by atoms with van der Waals surface area (Å²) in [7, 11) is 3.37. The molecule has 2 amide bonds. The molecule has 0 spiro atoms. The van der Waals surface area contributed by atoms with Crippen LogP contribution in [-0.4, -0.2) is 62.3 Å². The van der Waals surface area contributed by atoms with Gasteiger partial charge in [-0.05, 0) is 0 Å². The van der Waals surface area contributed by atoms with Gasteiger partial charge in [-0.25, -0.2) is 0 Å². The maximum atomic E-state index is 11.9. The van der Waals surface area contributed by atoms with Crippen molar-refractivity contribution in [2.45, 2.75) is 24.7 Å². The van der Waals surface area contributed by atoms with Gasteiger partial charge in [-0.1, -0.05) is 24.3 Å². The van der Waals surface area contributed by atoms with Crippen molar-refractivity contribution in [3.8, 4) is 0 Å². The first-order chi connectivity index (χ1) is 9.58. The molecule has 2 rings (SSSR count). The number of hydrogen-bond acceptors (Lipinski definition) is 4. The van der Waals surface area contributed by atoms with Crippen molar-refractivity contribution in [2.75, 3.05) is 27.2 Å². The molecule has 3 atom stereocenters. The number of amides is 2. The molecule has 110 valence electrons. The highest BCUT2D eigenvalue weighted by Gasteiger charge is 2.33. The predicted octanol–water partition coefficient (Wildman–Crippen LogP) is -0.140. The third kappa shape index (κ3) is 3.68. The molecule has 0 aromatic rings. The van der Waals surface area contributed by atoms with Crippen molar-refractivity contribution >= 4 is 11.8 Å². The second kappa shape index (κ2) is 6.67. The number of ether oxygens (including phenoxy) is 2. The fraction of sp³-hybridized carbons (Fsp3) is 0.571. The number of hydrogen-bond donors (Lipinski definition) is 1. The molecule has 1 aliphatic carbocycles. The summed E-state index contributed by atoms with van der Waals surface area (Å²) >= 11 is 0. The summed E-state index contributed by atoms with van der Waals surface area (Å²) in [5.74, 6) is -0.260. The average Bonchev–Trinajstić information content (AvgIpc) is 2.46. The standard InChI is InChI=1S/C14H20N2O4/c1-16(2)13(17)7-8-15-14(18)12-9-19-10-5-3-4-6-11(10)20-12/h3-6,10-12H,7-9H2,1-2H3,(H,15,18). The molecule has 6 heteroatoms. The molecular formula is C14H20N2O4. The van der Waals surface area contributed by atoms with E-state index >= 15 is 0 Å². The third-order valence-electron chi connectivity index (χ3n) is 3.23. The van der Waals surface area contributed by atoms with Crippen molar-refractivity contribution in [3.05, 3.63) is 24.3 Å². The minimum absolute atomic E-state index is 0.0217. The van der Waals surface area contributed by atoms with Crippen LogP contribution in [0, 0.1) is 0 Å². The Morgan fingerprint density at radius 2 is 1.95 bits per heavy atom. The van der Waals surface area contributed by atoms with Crippen LogP contribution in [0.25, 0.3) is 0 Å². The van der Waals surface area contributed by atoms with E-state index in [1.807, 2.05) is 24.3 Å². The van der Waals surface area contributed by atoms with Crippen LogP contribution in [-0.2, 0) is 19.1 Å². The highest BCUT2D eigenvalue weighted by molar-refractivity contribution is 5.82. The van der Waals surface area contributed by atoms with E-state index in [-0.39, 0.29) is 37.0 Å². The van der Waals surface area contributed by atoms with E-state index in [0.717, 1.165) is 0 Å². The lowest BCUT2D eigenvalue weighted by Crippen LogP contribution is -2.49. The SMILES string of the molecule is CN(C)C(=O)CCNC(=O)C1COC2C=CC=CC2O1. The van der Waals surface area contributed by atoms with Gasteiger partial charge in [-0.3, -0.25) is 9.59 Å². The fourth-order valence-electron chi connectivity index (χ4n) is 2.03.